The molecular formula is C14H10ClN3O3. The van der Waals surface area contributed by atoms with E-state index in [0.29, 0.717) is 16.3 Å². The lowest BCUT2D eigenvalue weighted by Crippen LogP contribution is -2.17. The van der Waals surface area contributed by atoms with E-state index in [-0.39, 0.29) is 12.3 Å². The molecule has 7 heteroatoms. The van der Waals surface area contributed by atoms with Gasteiger partial charge in [-0.25, -0.2) is 5.10 Å². The molecule has 0 aliphatic carbocycles. The first-order chi connectivity index (χ1) is 10.1. The van der Waals surface area contributed by atoms with Crippen molar-refractivity contribution in [1.82, 2.24) is 10.2 Å². The highest BCUT2D eigenvalue weighted by atomic mass is 35.5. The number of aliphatic hydroxyl groups is 1. The lowest BCUT2D eigenvalue weighted by molar-refractivity contribution is 0.102. The van der Waals surface area contributed by atoms with Crippen LogP contribution >= 0.6 is 11.6 Å². The van der Waals surface area contributed by atoms with Gasteiger partial charge in [-0.2, -0.15) is 5.10 Å². The minimum atomic E-state index is -0.514. The summed E-state index contributed by atoms with van der Waals surface area (Å²) < 4.78 is 0. The van der Waals surface area contributed by atoms with Crippen LogP contribution in [0.1, 0.15) is 16.1 Å². The van der Waals surface area contributed by atoms with E-state index in [1.54, 1.807) is 18.2 Å². The van der Waals surface area contributed by atoms with Gasteiger partial charge in [0.1, 0.15) is 12.3 Å². The van der Waals surface area contributed by atoms with Gasteiger partial charge in [0.2, 0.25) is 0 Å². The van der Waals surface area contributed by atoms with Crippen LogP contribution in [0, 0.1) is 11.8 Å². The van der Waals surface area contributed by atoms with Crippen LogP contribution in [0.5, 0.6) is 0 Å². The Morgan fingerprint density at radius 3 is 2.86 bits per heavy atom. The van der Waals surface area contributed by atoms with Crippen LogP contribution in [0.3, 0.4) is 0 Å². The molecule has 2 aromatic rings. The smallest absolute Gasteiger partial charge is 0.276 e. The first kappa shape index (κ1) is 14.8. The van der Waals surface area contributed by atoms with Crippen LogP contribution in [-0.2, 0) is 0 Å². The minimum Gasteiger partial charge on any atom is -0.384 e. The number of hydrogen-bond acceptors (Lipinski definition) is 4. The average Bonchev–Trinajstić information content (AvgIpc) is 2.48. The van der Waals surface area contributed by atoms with Crippen molar-refractivity contribution in [3.05, 3.63) is 57.0 Å². The van der Waals surface area contributed by atoms with Crippen LogP contribution < -0.4 is 10.9 Å². The maximum Gasteiger partial charge on any atom is 0.276 e. The van der Waals surface area contributed by atoms with Gasteiger partial charge in [-0.3, -0.25) is 9.59 Å². The predicted molar refractivity (Wildman–Crippen MR) is 78.2 cm³/mol. The van der Waals surface area contributed by atoms with Gasteiger partial charge in [-0.05, 0) is 24.3 Å². The molecule has 21 heavy (non-hydrogen) atoms. The Hall–Kier alpha value is -2.62. The highest BCUT2D eigenvalue weighted by Crippen LogP contribution is 2.23. The minimum absolute atomic E-state index is 0.0533. The average molecular weight is 304 g/mol. The molecule has 0 aliphatic heterocycles. The summed E-state index contributed by atoms with van der Waals surface area (Å²) in [5.74, 6) is 4.70. The number of benzene rings is 1. The maximum absolute atomic E-state index is 12.0. The molecule has 0 saturated carbocycles. The number of aliphatic hydroxyl groups excluding tert-OH is 1. The van der Waals surface area contributed by atoms with Gasteiger partial charge < -0.3 is 10.4 Å². The van der Waals surface area contributed by atoms with Crippen LogP contribution in [0.15, 0.2) is 35.1 Å². The largest absolute Gasteiger partial charge is 0.384 e. The van der Waals surface area contributed by atoms with E-state index < -0.39 is 11.5 Å². The van der Waals surface area contributed by atoms with Crippen molar-refractivity contribution in [3.8, 4) is 11.8 Å². The summed E-state index contributed by atoms with van der Waals surface area (Å²) in [6, 6.07) is 7.33. The predicted octanol–water partition coefficient (Wildman–Crippen LogP) is 1.02. The number of aromatic nitrogens is 2. The van der Waals surface area contributed by atoms with Gasteiger partial charge in [0.15, 0.2) is 0 Å². The van der Waals surface area contributed by atoms with Gasteiger partial charge in [0.25, 0.3) is 11.5 Å². The molecule has 0 bridgehead atoms. The quantitative estimate of drug-likeness (QED) is 0.722. The maximum atomic E-state index is 12.0. The summed E-state index contributed by atoms with van der Waals surface area (Å²) >= 11 is 6.00. The van der Waals surface area contributed by atoms with Crippen molar-refractivity contribution < 1.29 is 9.90 Å². The summed E-state index contributed by atoms with van der Waals surface area (Å²) in [4.78, 5) is 22.9. The van der Waals surface area contributed by atoms with Gasteiger partial charge in [0, 0.05) is 11.6 Å². The van der Waals surface area contributed by atoms with E-state index >= 15 is 0 Å². The number of nitrogens with zero attached hydrogens (tertiary/aromatic N) is 1. The fraction of sp³-hybridized carbons (Fsp3) is 0.0714. The van der Waals surface area contributed by atoms with Gasteiger partial charge in [-0.15, -0.1) is 0 Å². The third-order valence-corrected chi connectivity index (χ3v) is 2.77. The summed E-state index contributed by atoms with van der Waals surface area (Å²) in [6.45, 7) is -0.258. The molecule has 6 nitrogen and oxygen atoms in total. The number of carbonyl (C=O) groups is 1. The van der Waals surface area contributed by atoms with Crippen molar-refractivity contribution in [2.75, 3.05) is 11.9 Å². The third kappa shape index (κ3) is 3.92. The molecule has 3 N–H and O–H groups in total. The van der Waals surface area contributed by atoms with E-state index in [2.05, 4.69) is 27.4 Å². The highest BCUT2D eigenvalue weighted by molar-refractivity contribution is 6.33. The first-order valence-electron chi connectivity index (χ1n) is 5.86. The zero-order chi connectivity index (χ0) is 15.2. The van der Waals surface area contributed by atoms with Crippen molar-refractivity contribution in [2.24, 2.45) is 0 Å². The van der Waals surface area contributed by atoms with Gasteiger partial charge >= 0.3 is 0 Å². The van der Waals surface area contributed by atoms with Crippen LogP contribution in [-0.4, -0.2) is 27.8 Å². The number of hydrogen-bond donors (Lipinski definition) is 3. The molecule has 0 saturated heterocycles. The van der Waals surface area contributed by atoms with Crippen LogP contribution in [0.4, 0.5) is 5.69 Å². The molecule has 1 heterocycles. The van der Waals surface area contributed by atoms with Crippen molar-refractivity contribution >= 4 is 23.2 Å². The molecule has 0 unspecified atom stereocenters. The molecule has 106 valence electrons. The molecule has 1 amide bonds. The first-order valence-corrected chi connectivity index (χ1v) is 6.24. The van der Waals surface area contributed by atoms with E-state index in [1.807, 2.05) is 0 Å². The van der Waals surface area contributed by atoms with Crippen molar-refractivity contribution in [1.29, 1.82) is 0 Å². The molecule has 0 atom stereocenters. The number of carbonyl (C=O) groups excluding carboxylic acids is 1. The van der Waals surface area contributed by atoms with Crippen molar-refractivity contribution in [2.45, 2.75) is 0 Å². The SMILES string of the molecule is O=C(Nc1cc(C#CCO)ccc1Cl)c1ccc(=O)[nH]n1. The molecule has 0 fully saturated rings. The zero-order valence-electron chi connectivity index (χ0n) is 10.7. The molecule has 2 rings (SSSR count). The summed E-state index contributed by atoms with van der Waals surface area (Å²) in [6.07, 6.45) is 0. The Labute approximate surface area is 124 Å². The summed E-state index contributed by atoms with van der Waals surface area (Å²) in [5.41, 5.74) is 0.612. The fourth-order valence-electron chi connectivity index (χ4n) is 1.50. The Morgan fingerprint density at radius 1 is 1.38 bits per heavy atom. The Bertz CT molecular complexity index is 770. The van der Waals surface area contributed by atoms with Crippen LogP contribution in [0.25, 0.3) is 0 Å². The van der Waals surface area contributed by atoms with Crippen molar-refractivity contribution in [3.63, 3.8) is 0 Å². The highest BCUT2D eigenvalue weighted by Gasteiger charge is 2.10. The molecule has 0 aliphatic rings. The lowest BCUT2D eigenvalue weighted by Gasteiger charge is -2.07. The molecule has 0 radical (unpaired) electrons. The van der Waals surface area contributed by atoms with E-state index in [0.717, 1.165) is 0 Å². The zero-order valence-corrected chi connectivity index (χ0v) is 11.4. The van der Waals surface area contributed by atoms with E-state index in [1.165, 1.54) is 12.1 Å². The number of rotatable bonds is 2. The Balaban J connectivity index is 2.24. The molecule has 1 aromatic heterocycles. The molecular weight excluding hydrogens is 294 g/mol. The Morgan fingerprint density at radius 2 is 2.19 bits per heavy atom. The second-order valence-electron chi connectivity index (χ2n) is 3.92. The van der Waals surface area contributed by atoms with E-state index in [9.17, 15) is 9.59 Å². The molecule has 1 aromatic carbocycles. The van der Waals surface area contributed by atoms with E-state index in [4.69, 9.17) is 16.7 Å². The number of amides is 1. The van der Waals surface area contributed by atoms with Gasteiger partial charge in [0.05, 0.1) is 10.7 Å². The van der Waals surface area contributed by atoms with Gasteiger partial charge in [-0.1, -0.05) is 23.4 Å². The number of nitrogens with one attached hydrogen (secondary N) is 2. The van der Waals surface area contributed by atoms with Crippen LogP contribution in [0.2, 0.25) is 5.02 Å². The second-order valence-corrected chi connectivity index (χ2v) is 4.32. The normalized spacial score (nSPS) is 9.62. The number of aromatic amines is 1. The monoisotopic (exact) mass is 303 g/mol. The topological polar surface area (TPSA) is 95.1 Å². The lowest BCUT2D eigenvalue weighted by atomic mass is 10.2. The fourth-order valence-corrected chi connectivity index (χ4v) is 1.66. The standard InChI is InChI=1S/C14H10ClN3O3/c15-10-4-3-9(2-1-7-19)8-12(10)16-14(21)11-5-6-13(20)18-17-11/h3-6,8,19H,7H2,(H,16,21)(H,18,20). The summed E-state index contributed by atoms with van der Waals surface area (Å²) in [5, 5.41) is 17.4. The Kier molecular flexibility index (Phi) is 4.72. The second kappa shape index (κ2) is 6.70. The summed E-state index contributed by atoms with van der Waals surface area (Å²) in [7, 11) is 0. The third-order valence-electron chi connectivity index (χ3n) is 2.44. The number of halogens is 1. The molecule has 0 spiro atoms. The number of H-pyrrole nitrogens is 1. The number of anilines is 1.